The molecule has 1 saturated carbocycles. The molecule has 1 fully saturated rings. The quantitative estimate of drug-likeness (QED) is 0.773. The number of rotatable bonds is 4. The summed E-state index contributed by atoms with van der Waals surface area (Å²) in [5, 5.41) is 10.7. The van der Waals surface area contributed by atoms with Gasteiger partial charge in [-0.1, -0.05) is 0 Å². The number of carboxylic acids is 1. The van der Waals surface area contributed by atoms with E-state index >= 15 is 0 Å². The van der Waals surface area contributed by atoms with Gasteiger partial charge < -0.3 is 15.2 Å². The van der Waals surface area contributed by atoms with Crippen molar-refractivity contribution >= 4 is 12.1 Å². The van der Waals surface area contributed by atoms with Crippen LogP contribution in [0.3, 0.4) is 0 Å². The fourth-order valence-corrected chi connectivity index (χ4v) is 1.06. The molecule has 0 aromatic rings. The highest BCUT2D eigenvalue weighted by Gasteiger charge is 2.50. The Morgan fingerprint density at radius 1 is 1.38 bits per heavy atom. The number of ether oxygens (including phenoxy) is 1. The summed E-state index contributed by atoms with van der Waals surface area (Å²) in [5.41, 5.74) is -1.02. The maximum Gasteiger partial charge on any atom is 0.422 e. The molecule has 0 aromatic heterocycles. The van der Waals surface area contributed by atoms with E-state index in [1.54, 1.807) is 0 Å². The molecule has 2 N–H and O–H groups in total. The number of carbonyl (C=O) groups is 2. The number of alkyl carbamates (subject to hydrolysis) is 1. The lowest BCUT2D eigenvalue weighted by Crippen LogP contribution is -2.36. The van der Waals surface area contributed by atoms with Crippen molar-refractivity contribution in [1.82, 2.24) is 5.32 Å². The minimum atomic E-state index is -4.58. The normalized spacial score (nSPS) is 17.7. The molecule has 0 radical (unpaired) electrons. The fourth-order valence-electron chi connectivity index (χ4n) is 1.06. The second kappa shape index (κ2) is 4.18. The van der Waals surface area contributed by atoms with Gasteiger partial charge in [0, 0.05) is 6.54 Å². The molecule has 5 nitrogen and oxygen atoms in total. The van der Waals surface area contributed by atoms with Gasteiger partial charge in [-0.15, -0.1) is 0 Å². The van der Waals surface area contributed by atoms with Crippen molar-refractivity contribution in [3.63, 3.8) is 0 Å². The maximum absolute atomic E-state index is 11.6. The number of aliphatic carboxylic acids is 1. The van der Waals surface area contributed by atoms with Crippen molar-refractivity contribution in [1.29, 1.82) is 0 Å². The molecule has 16 heavy (non-hydrogen) atoms. The predicted molar refractivity (Wildman–Crippen MR) is 44.7 cm³/mol. The molecular formula is C8H10F3NO4. The van der Waals surface area contributed by atoms with Crippen molar-refractivity contribution in [2.24, 2.45) is 5.41 Å². The van der Waals surface area contributed by atoms with Gasteiger partial charge in [-0.3, -0.25) is 4.79 Å². The van der Waals surface area contributed by atoms with E-state index in [1.807, 2.05) is 5.32 Å². The minimum Gasteiger partial charge on any atom is -0.481 e. The monoisotopic (exact) mass is 241 g/mol. The Hall–Kier alpha value is -1.47. The van der Waals surface area contributed by atoms with E-state index in [9.17, 15) is 22.8 Å². The minimum absolute atomic E-state index is 0.209. The molecule has 0 aromatic carbocycles. The number of carboxylic acid groups (broad SMARTS) is 1. The highest BCUT2D eigenvalue weighted by atomic mass is 19.4. The first-order chi connectivity index (χ1) is 7.25. The van der Waals surface area contributed by atoms with Crippen LogP contribution in [-0.2, 0) is 9.53 Å². The number of nitrogens with one attached hydrogen (secondary N) is 1. The van der Waals surface area contributed by atoms with Crippen LogP contribution in [0.5, 0.6) is 0 Å². The number of amides is 1. The zero-order valence-electron chi connectivity index (χ0n) is 8.13. The van der Waals surface area contributed by atoms with Crippen LogP contribution >= 0.6 is 0 Å². The van der Waals surface area contributed by atoms with Gasteiger partial charge in [0.15, 0.2) is 6.61 Å². The van der Waals surface area contributed by atoms with Gasteiger partial charge in [0.25, 0.3) is 0 Å². The van der Waals surface area contributed by atoms with Crippen molar-refractivity contribution < 1.29 is 32.6 Å². The van der Waals surface area contributed by atoms with Crippen LogP contribution in [0.2, 0.25) is 0 Å². The third kappa shape index (κ3) is 3.59. The fraction of sp³-hybridized carbons (Fsp3) is 0.750. The Morgan fingerprint density at radius 3 is 2.31 bits per heavy atom. The van der Waals surface area contributed by atoms with Crippen LogP contribution in [0.1, 0.15) is 12.8 Å². The molecule has 1 amide bonds. The summed E-state index contributed by atoms with van der Waals surface area (Å²) in [6.45, 7) is -1.89. The Morgan fingerprint density at radius 2 is 1.94 bits per heavy atom. The first-order valence-corrected chi connectivity index (χ1v) is 4.46. The van der Waals surface area contributed by atoms with Gasteiger partial charge in [-0.25, -0.2) is 4.79 Å². The average Bonchev–Trinajstić information content (AvgIpc) is 2.91. The van der Waals surface area contributed by atoms with Crippen LogP contribution in [0.4, 0.5) is 18.0 Å². The maximum atomic E-state index is 11.6. The molecule has 8 heteroatoms. The Kier molecular flexibility index (Phi) is 3.30. The first-order valence-electron chi connectivity index (χ1n) is 4.46. The average molecular weight is 241 g/mol. The van der Waals surface area contributed by atoms with Crippen LogP contribution in [0, 0.1) is 5.41 Å². The molecule has 0 spiro atoms. The van der Waals surface area contributed by atoms with Crippen LogP contribution in [0.15, 0.2) is 0 Å². The predicted octanol–water partition coefficient (Wildman–Crippen LogP) is 1.14. The Labute approximate surface area is 88.6 Å². The molecule has 0 bridgehead atoms. The molecule has 0 aliphatic heterocycles. The molecule has 0 atom stereocenters. The highest BCUT2D eigenvalue weighted by Crippen LogP contribution is 2.45. The van der Waals surface area contributed by atoms with Gasteiger partial charge in [0.05, 0.1) is 5.41 Å². The van der Waals surface area contributed by atoms with Gasteiger partial charge >= 0.3 is 18.2 Å². The van der Waals surface area contributed by atoms with Crippen molar-refractivity contribution in [2.45, 2.75) is 19.0 Å². The second-order valence-electron chi connectivity index (χ2n) is 3.63. The van der Waals surface area contributed by atoms with Crippen molar-refractivity contribution in [3.8, 4) is 0 Å². The summed E-state index contributed by atoms with van der Waals surface area (Å²) in [6, 6.07) is 0. The third-order valence-corrected chi connectivity index (χ3v) is 2.25. The number of hydrogen-bond donors (Lipinski definition) is 2. The van der Waals surface area contributed by atoms with Gasteiger partial charge in [0.1, 0.15) is 0 Å². The molecule has 1 aliphatic rings. The van der Waals surface area contributed by atoms with Crippen LogP contribution < -0.4 is 5.32 Å². The zero-order chi connectivity index (χ0) is 12.4. The lowest BCUT2D eigenvalue weighted by atomic mass is 10.1. The summed E-state index contributed by atoms with van der Waals surface area (Å²) in [6.07, 6.45) is -5.03. The van der Waals surface area contributed by atoms with E-state index in [0.29, 0.717) is 12.8 Å². The van der Waals surface area contributed by atoms with E-state index < -0.39 is 30.3 Å². The second-order valence-corrected chi connectivity index (χ2v) is 3.63. The summed E-state index contributed by atoms with van der Waals surface area (Å²) in [7, 11) is 0. The number of hydrogen-bond acceptors (Lipinski definition) is 3. The molecule has 1 rings (SSSR count). The third-order valence-electron chi connectivity index (χ3n) is 2.25. The summed E-state index contributed by atoms with van der Waals surface area (Å²) >= 11 is 0. The van der Waals surface area contributed by atoms with Crippen molar-refractivity contribution in [2.75, 3.05) is 13.2 Å². The molecular weight excluding hydrogens is 231 g/mol. The number of carbonyl (C=O) groups excluding carboxylic acids is 1. The van der Waals surface area contributed by atoms with Gasteiger partial charge in [-0.05, 0) is 12.8 Å². The molecule has 1 aliphatic carbocycles. The Balaban J connectivity index is 2.24. The van der Waals surface area contributed by atoms with Gasteiger partial charge in [0.2, 0.25) is 0 Å². The largest absolute Gasteiger partial charge is 0.481 e. The first kappa shape index (κ1) is 12.6. The summed E-state index contributed by atoms with van der Waals surface area (Å²) in [5.74, 6) is -1.07. The molecule has 0 saturated heterocycles. The SMILES string of the molecule is O=C(NCC1(C(=O)O)CC1)OCC(F)(F)F. The van der Waals surface area contributed by atoms with E-state index in [2.05, 4.69) is 4.74 Å². The van der Waals surface area contributed by atoms with E-state index in [-0.39, 0.29) is 6.54 Å². The highest BCUT2D eigenvalue weighted by molar-refractivity contribution is 5.79. The number of halogens is 3. The van der Waals surface area contributed by atoms with E-state index in [1.165, 1.54) is 0 Å². The van der Waals surface area contributed by atoms with Crippen molar-refractivity contribution in [3.05, 3.63) is 0 Å². The number of alkyl halides is 3. The smallest absolute Gasteiger partial charge is 0.422 e. The molecule has 92 valence electrons. The lowest BCUT2D eigenvalue weighted by Gasteiger charge is -2.12. The van der Waals surface area contributed by atoms with Crippen LogP contribution in [-0.4, -0.2) is 36.5 Å². The van der Waals surface area contributed by atoms with Gasteiger partial charge in [-0.2, -0.15) is 13.2 Å². The summed E-state index contributed by atoms with van der Waals surface area (Å²) < 4.78 is 38.7. The molecule has 0 unspecified atom stereocenters. The van der Waals surface area contributed by atoms with E-state index in [0.717, 1.165) is 0 Å². The molecule has 0 heterocycles. The topological polar surface area (TPSA) is 75.6 Å². The van der Waals surface area contributed by atoms with E-state index in [4.69, 9.17) is 5.11 Å². The standard InChI is InChI=1S/C8H10F3NO4/c9-8(10,11)4-16-6(15)12-3-7(1-2-7)5(13)14/h1-4H2,(H,12,15)(H,13,14). The zero-order valence-corrected chi connectivity index (χ0v) is 8.13. The lowest BCUT2D eigenvalue weighted by molar-refractivity contribution is -0.160. The van der Waals surface area contributed by atoms with Crippen LogP contribution in [0.25, 0.3) is 0 Å². The summed E-state index contributed by atoms with van der Waals surface area (Å²) in [4.78, 5) is 21.4. The Bertz CT molecular complexity index is 298.